The normalized spacial score (nSPS) is 14.2. The van der Waals surface area contributed by atoms with E-state index in [1.807, 2.05) is 0 Å². The minimum absolute atomic E-state index is 0.0922. The highest BCUT2D eigenvalue weighted by atomic mass is 35.5. The maximum absolute atomic E-state index is 12.6. The number of aromatic nitrogens is 3. The van der Waals surface area contributed by atoms with E-state index in [1.165, 1.54) is 0 Å². The summed E-state index contributed by atoms with van der Waals surface area (Å²) < 4.78 is 1.08. The lowest BCUT2D eigenvalue weighted by molar-refractivity contribution is -0.133. The van der Waals surface area contributed by atoms with E-state index < -0.39 is 0 Å². The first-order valence-electron chi connectivity index (χ1n) is 9.18. The second kappa shape index (κ2) is 8.00. The lowest BCUT2D eigenvalue weighted by atomic mass is 10.2. The molecule has 3 aromatic rings. The number of carbonyl (C=O) groups excluding carboxylic acids is 2. The van der Waals surface area contributed by atoms with Crippen molar-refractivity contribution in [1.82, 2.24) is 24.8 Å². The SMILES string of the molecule is O=C(Cn1nnc2ccccc2c1=O)N1CCN(C(=O)c2ccc(Cl)cc2)CC1. The van der Waals surface area contributed by atoms with E-state index in [1.54, 1.807) is 58.3 Å². The van der Waals surface area contributed by atoms with Crippen LogP contribution >= 0.6 is 11.6 Å². The number of piperazine rings is 1. The van der Waals surface area contributed by atoms with Crippen LogP contribution in [0.25, 0.3) is 10.9 Å². The van der Waals surface area contributed by atoms with Gasteiger partial charge in [-0.15, -0.1) is 5.10 Å². The molecule has 0 radical (unpaired) electrons. The number of hydrogen-bond acceptors (Lipinski definition) is 5. The first-order valence-corrected chi connectivity index (χ1v) is 9.56. The molecule has 1 saturated heterocycles. The van der Waals surface area contributed by atoms with Gasteiger partial charge >= 0.3 is 0 Å². The van der Waals surface area contributed by atoms with Gasteiger partial charge in [0, 0.05) is 36.8 Å². The first kappa shape index (κ1) is 19.1. The molecule has 4 rings (SSSR count). The second-order valence-electron chi connectivity index (χ2n) is 6.75. The van der Waals surface area contributed by atoms with Gasteiger partial charge in [-0.1, -0.05) is 28.9 Å². The highest BCUT2D eigenvalue weighted by Crippen LogP contribution is 2.13. The molecular weight excluding hydrogens is 394 g/mol. The molecule has 0 atom stereocenters. The molecule has 0 N–H and O–H groups in total. The van der Waals surface area contributed by atoms with Crippen LogP contribution < -0.4 is 5.56 Å². The molecule has 1 fully saturated rings. The Kier molecular flexibility index (Phi) is 5.26. The highest BCUT2D eigenvalue weighted by molar-refractivity contribution is 6.30. The number of carbonyl (C=O) groups is 2. The third-order valence-corrected chi connectivity index (χ3v) is 5.18. The van der Waals surface area contributed by atoms with Crippen molar-refractivity contribution in [3.8, 4) is 0 Å². The molecule has 1 aliphatic rings. The van der Waals surface area contributed by atoms with Crippen LogP contribution in [0.1, 0.15) is 10.4 Å². The number of benzene rings is 2. The molecule has 2 aromatic carbocycles. The van der Waals surface area contributed by atoms with Crippen LogP contribution in [0.5, 0.6) is 0 Å². The van der Waals surface area contributed by atoms with Crippen LogP contribution in [0.2, 0.25) is 5.02 Å². The summed E-state index contributed by atoms with van der Waals surface area (Å²) in [6.07, 6.45) is 0. The zero-order valence-corrected chi connectivity index (χ0v) is 16.2. The fourth-order valence-electron chi connectivity index (χ4n) is 3.29. The Morgan fingerprint density at radius 3 is 2.31 bits per heavy atom. The fourth-order valence-corrected chi connectivity index (χ4v) is 3.42. The van der Waals surface area contributed by atoms with E-state index in [-0.39, 0.29) is 23.9 Å². The van der Waals surface area contributed by atoms with E-state index in [0.717, 1.165) is 4.68 Å². The molecule has 8 nitrogen and oxygen atoms in total. The van der Waals surface area contributed by atoms with Crippen molar-refractivity contribution in [3.63, 3.8) is 0 Å². The summed E-state index contributed by atoms with van der Waals surface area (Å²) in [5.41, 5.74) is 0.711. The lowest BCUT2D eigenvalue weighted by Crippen LogP contribution is -2.51. The van der Waals surface area contributed by atoms with Gasteiger partial charge in [0.1, 0.15) is 12.1 Å². The van der Waals surface area contributed by atoms with Crippen LogP contribution in [-0.4, -0.2) is 62.8 Å². The third-order valence-electron chi connectivity index (χ3n) is 4.93. The largest absolute Gasteiger partial charge is 0.338 e. The van der Waals surface area contributed by atoms with E-state index in [9.17, 15) is 14.4 Å². The van der Waals surface area contributed by atoms with Crippen molar-refractivity contribution in [2.24, 2.45) is 0 Å². The molecule has 148 valence electrons. The maximum atomic E-state index is 12.6. The number of fused-ring (bicyclic) bond motifs is 1. The number of halogens is 1. The molecule has 0 bridgehead atoms. The molecular formula is C20H18ClN5O3. The summed E-state index contributed by atoms with van der Waals surface area (Å²) in [5.74, 6) is -0.319. The molecule has 0 saturated carbocycles. The Labute approximate surface area is 171 Å². The first-order chi connectivity index (χ1) is 14.0. The molecule has 0 spiro atoms. The van der Waals surface area contributed by atoms with Gasteiger partial charge in [-0.3, -0.25) is 14.4 Å². The van der Waals surface area contributed by atoms with E-state index >= 15 is 0 Å². The Morgan fingerprint density at radius 1 is 0.931 bits per heavy atom. The average molecular weight is 412 g/mol. The maximum Gasteiger partial charge on any atom is 0.278 e. The van der Waals surface area contributed by atoms with Gasteiger partial charge in [0.25, 0.3) is 11.5 Å². The van der Waals surface area contributed by atoms with Crippen LogP contribution in [0, 0.1) is 0 Å². The minimum Gasteiger partial charge on any atom is -0.338 e. The molecule has 1 aliphatic heterocycles. The van der Waals surface area contributed by atoms with Gasteiger partial charge in [0.05, 0.1) is 5.39 Å². The van der Waals surface area contributed by atoms with Crippen LogP contribution in [0.15, 0.2) is 53.3 Å². The quantitative estimate of drug-likeness (QED) is 0.650. The standard InChI is InChI=1S/C20H18ClN5O3/c21-15-7-5-14(6-8-15)19(28)25-11-9-24(10-12-25)18(27)13-26-20(29)16-3-1-2-4-17(16)22-23-26/h1-8H,9-13H2. The predicted octanol–water partition coefficient (Wildman–Crippen LogP) is 1.43. The Bertz CT molecular complexity index is 1120. The van der Waals surface area contributed by atoms with Crippen LogP contribution in [0.4, 0.5) is 0 Å². The molecule has 0 unspecified atom stereocenters. The van der Waals surface area contributed by atoms with Crippen molar-refractivity contribution in [2.45, 2.75) is 6.54 Å². The predicted molar refractivity (Wildman–Crippen MR) is 108 cm³/mol. The highest BCUT2D eigenvalue weighted by Gasteiger charge is 2.25. The summed E-state index contributed by atoms with van der Waals surface area (Å²) in [7, 11) is 0. The molecule has 2 amide bonds. The summed E-state index contributed by atoms with van der Waals surface area (Å²) in [6.45, 7) is 1.46. The zero-order valence-electron chi connectivity index (χ0n) is 15.5. The van der Waals surface area contributed by atoms with Gasteiger partial charge in [0.15, 0.2) is 0 Å². The van der Waals surface area contributed by atoms with Gasteiger partial charge < -0.3 is 9.80 Å². The third kappa shape index (κ3) is 3.97. The number of rotatable bonds is 3. The molecule has 2 heterocycles. The van der Waals surface area contributed by atoms with Crippen molar-refractivity contribution < 1.29 is 9.59 Å². The Balaban J connectivity index is 1.39. The lowest BCUT2D eigenvalue weighted by Gasteiger charge is -2.34. The molecule has 9 heteroatoms. The van der Waals surface area contributed by atoms with Gasteiger partial charge in [0.2, 0.25) is 5.91 Å². The summed E-state index contributed by atoms with van der Waals surface area (Å²) >= 11 is 5.86. The molecule has 0 aliphatic carbocycles. The number of amides is 2. The van der Waals surface area contributed by atoms with E-state index in [4.69, 9.17) is 11.6 Å². The van der Waals surface area contributed by atoms with Gasteiger partial charge in [-0.2, -0.15) is 0 Å². The second-order valence-corrected chi connectivity index (χ2v) is 7.19. The molecule has 29 heavy (non-hydrogen) atoms. The summed E-state index contributed by atoms with van der Waals surface area (Å²) in [6, 6.07) is 13.6. The van der Waals surface area contributed by atoms with E-state index in [2.05, 4.69) is 10.3 Å². The molecule has 1 aromatic heterocycles. The van der Waals surface area contributed by atoms with Gasteiger partial charge in [-0.05, 0) is 36.4 Å². The number of nitrogens with zero attached hydrogens (tertiary/aromatic N) is 5. The van der Waals surface area contributed by atoms with Crippen molar-refractivity contribution in [3.05, 3.63) is 69.5 Å². The van der Waals surface area contributed by atoms with Crippen molar-refractivity contribution in [2.75, 3.05) is 26.2 Å². The van der Waals surface area contributed by atoms with E-state index in [0.29, 0.717) is 47.7 Å². The minimum atomic E-state index is -0.347. The van der Waals surface area contributed by atoms with Gasteiger partial charge in [-0.25, -0.2) is 4.68 Å². The van der Waals surface area contributed by atoms with Crippen LogP contribution in [-0.2, 0) is 11.3 Å². The summed E-state index contributed by atoms with van der Waals surface area (Å²) in [5, 5.41) is 8.86. The van der Waals surface area contributed by atoms with Crippen molar-refractivity contribution >= 4 is 34.3 Å². The smallest absolute Gasteiger partial charge is 0.278 e. The van der Waals surface area contributed by atoms with Crippen LogP contribution in [0.3, 0.4) is 0 Å². The fraction of sp³-hybridized carbons (Fsp3) is 0.250. The zero-order chi connectivity index (χ0) is 20.4. The Morgan fingerprint density at radius 2 is 1.59 bits per heavy atom. The number of hydrogen-bond donors (Lipinski definition) is 0. The Hall–Kier alpha value is -3.26. The topological polar surface area (TPSA) is 88.4 Å². The monoisotopic (exact) mass is 411 g/mol. The van der Waals surface area contributed by atoms with Crippen molar-refractivity contribution in [1.29, 1.82) is 0 Å². The average Bonchev–Trinajstić information content (AvgIpc) is 2.76. The summed E-state index contributed by atoms with van der Waals surface area (Å²) in [4.78, 5) is 41.0.